The summed E-state index contributed by atoms with van der Waals surface area (Å²) in [5.74, 6) is -4.80. The number of rotatable bonds is 7. The van der Waals surface area contributed by atoms with Crippen LogP contribution in [-0.2, 0) is 28.6 Å². The van der Waals surface area contributed by atoms with E-state index in [1.165, 1.54) is 26.3 Å². The summed E-state index contributed by atoms with van der Waals surface area (Å²) < 4.78 is 21.2. The summed E-state index contributed by atoms with van der Waals surface area (Å²) >= 11 is 0. The lowest BCUT2D eigenvalue weighted by molar-refractivity contribution is -0.176. The number of ether oxygens (including phenoxy) is 4. The van der Waals surface area contributed by atoms with Crippen molar-refractivity contribution in [1.82, 2.24) is 10.3 Å². The van der Waals surface area contributed by atoms with Crippen molar-refractivity contribution < 1.29 is 43.2 Å². The molecule has 1 aromatic heterocycles. The Bertz CT molecular complexity index is 887. The van der Waals surface area contributed by atoms with Gasteiger partial charge in [-0.2, -0.15) is 0 Å². The van der Waals surface area contributed by atoms with Crippen LogP contribution in [0.3, 0.4) is 0 Å². The van der Waals surface area contributed by atoms with E-state index in [0.29, 0.717) is 12.8 Å². The van der Waals surface area contributed by atoms with Crippen LogP contribution in [0.25, 0.3) is 0 Å². The van der Waals surface area contributed by atoms with Gasteiger partial charge in [0.25, 0.3) is 5.91 Å². The minimum atomic E-state index is -1.38. The topological polar surface area (TPSA) is 150 Å². The molecule has 1 aliphatic heterocycles. The number of aromatic hydroxyl groups is 1. The highest BCUT2D eigenvalue weighted by molar-refractivity contribution is 5.98. The molecule has 1 amide bonds. The van der Waals surface area contributed by atoms with E-state index >= 15 is 0 Å². The van der Waals surface area contributed by atoms with E-state index in [-0.39, 0.29) is 11.4 Å². The average Bonchev–Trinajstić information content (AvgIpc) is 2.80. The Morgan fingerprint density at radius 1 is 1.30 bits per heavy atom. The third-order valence-electron chi connectivity index (χ3n) is 5.09. The standard InChI is InChI=1S/C22H30N2O9/c1-6-7-13-18(33-20(27)11(2)3)12(4)32-22(29)14(10-31-21(13)28)24-19(26)16-17(25)15(30-5)8-9-23-16/h8-9,11-14,18,25H,6-7,10H2,1-5H3,(H,24,26)/t12-,13+,14-,18-/m0/s1. The number of carbonyl (C=O) groups is 4. The highest BCUT2D eigenvalue weighted by Crippen LogP contribution is 2.28. The normalized spacial score (nSPS) is 23.5. The molecule has 0 radical (unpaired) electrons. The molecule has 0 aromatic carbocycles. The van der Waals surface area contributed by atoms with Crippen molar-refractivity contribution in [3.63, 3.8) is 0 Å². The van der Waals surface area contributed by atoms with Crippen molar-refractivity contribution in [2.24, 2.45) is 11.8 Å². The fourth-order valence-corrected chi connectivity index (χ4v) is 3.27. The molecule has 0 saturated carbocycles. The molecule has 2 heterocycles. The number of aromatic nitrogens is 1. The molecule has 0 unspecified atom stereocenters. The SMILES string of the molecule is CCC[C@H]1C(=O)OC[C@H](NC(=O)c2nccc(OC)c2O)C(=O)O[C@@H](C)[C@@H]1OC(=O)C(C)C. The number of pyridine rings is 1. The van der Waals surface area contributed by atoms with E-state index in [9.17, 15) is 24.3 Å². The van der Waals surface area contributed by atoms with Gasteiger partial charge in [-0.1, -0.05) is 27.2 Å². The lowest BCUT2D eigenvalue weighted by atomic mass is 9.93. The smallest absolute Gasteiger partial charge is 0.332 e. The highest BCUT2D eigenvalue weighted by atomic mass is 16.6. The zero-order chi connectivity index (χ0) is 24.7. The van der Waals surface area contributed by atoms with Gasteiger partial charge in [-0.25, -0.2) is 9.78 Å². The van der Waals surface area contributed by atoms with E-state index < -0.39 is 66.3 Å². The second kappa shape index (κ2) is 11.5. The van der Waals surface area contributed by atoms with Crippen LogP contribution in [-0.4, -0.2) is 65.9 Å². The molecule has 11 heteroatoms. The lowest BCUT2D eigenvalue weighted by Crippen LogP contribution is -2.46. The summed E-state index contributed by atoms with van der Waals surface area (Å²) in [6.07, 6.45) is 0.159. The Kier molecular flexibility index (Phi) is 9.01. The molecule has 33 heavy (non-hydrogen) atoms. The Labute approximate surface area is 191 Å². The molecular weight excluding hydrogens is 436 g/mol. The monoisotopic (exact) mass is 466 g/mol. The molecule has 0 spiro atoms. The van der Waals surface area contributed by atoms with Gasteiger partial charge in [0.05, 0.1) is 18.9 Å². The fourth-order valence-electron chi connectivity index (χ4n) is 3.27. The third kappa shape index (κ3) is 6.33. The molecule has 1 aromatic rings. The summed E-state index contributed by atoms with van der Waals surface area (Å²) in [7, 11) is 1.31. The molecule has 1 saturated heterocycles. The Hall–Kier alpha value is -3.37. The Morgan fingerprint density at radius 3 is 2.61 bits per heavy atom. The number of hydrogen-bond donors (Lipinski definition) is 2. The average molecular weight is 466 g/mol. The third-order valence-corrected chi connectivity index (χ3v) is 5.09. The predicted molar refractivity (Wildman–Crippen MR) is 113 cm³/mol. The highest BCUT2D eigenvalue weighted by Gasteiger charge is 2.41. The Balaban J connectivity index is 2.27. The van der Waals surface area contributed by atoms with Crippen molar-refractivity contribution in [1.29, 1.82) is 0 Å². The summed E-state index contributed by atoms with van der Waals surface area (Å²) in [4.78, 5) is 54.2. The van der Waals surface area contributed by atoms with Gasteiger partial charge in [0.15, 0.2) is 29.3 Å². The first kappa shape index (κ1) is 25.9. The molecule has 1 aliphatic rings. The predicted octanol–water partition coefficient (Wildman–Crippen LogP) is 1.37. The summed E-state index contributed by atoms with van der Waals surface area (Å²) in [5, 5.41) is 12.5. The van der Waals surface area contributed by atoms with Crippen LogP contribution in [0.2, 0.25) is 0 Å². The number of amides is 1. The largest absolute Gasteiger partial charge is 0.503 e. The van der Waals surface area contributed by atoms with Gasteiger partial charge in [0.1, 0.15) is 12.7 Å². The molecule has 182 valence electrons. The van der Waals surface area contributed by atoms with Crippen LogP contribution in [0.1, 0.15) is 51.0 Å². The van der Waals surface area contributed by atoms with Crippen LogP contribution in [0, 0.1) is 11.8 Å². The molecule has 0 bridgehead atoms. The fraction of sp³-hybridized carbons (Fsp3) is 0.591. The quantitative estimate of drug-likeness (QED) is 0.445. The number of hydrogen-bond acceptors (Lipinski definition) is 10. The van der Waals surface area contributed by atoms with E-state index in [4.69, 9.17) is 18.9 Å². The van der Waals surface area contributed by atoms with Crippen LogP contribution in [0.15, 0.2) is 12.3 Å². The first-order valence-corrected chi connectivity index (χ1v) is 10.7. The first-order chi connectivity index (χ1) is 15.6. The molecule has 2 N–H and O–H groups in total. The van der Waals surface area contributed by atoms with Crippen molar-refractivity contribution in [2.75, 3.05) is 13.7 Å². The number of methoxy groups -OCH3 is 1. The van der Waals surface area contributed by atoms with Crippen LogP contribution in [0.5, 0.6) is 11.5 Å². The van der Waals surface area contributed by atoms with Crippen molar-refractivity contribution in [3.8, 4) is 11.5 Å². The van der Waals surface area contributed by atoms with E-state index in [2.05, 4.69) is 10.3 Å². The first-order valence-electron chi connectivity index (χ1n) is 10.7. The zero-order valence-corrected chi connectivity index (χ0v) is 19.3. The molecular formula is C22H30N2O9. The van der Waals surface area contributed by atoms with Gasteiger partial charge in [0.2, 0.25) is 0 Å². The van der Waals surface area contributed by atoms with E-state index in [1.54, 1.807) is 13.8 Å². The summed E-state index contributed by atoms with van der Waals surface area (Å²) in [6.45, 7) is 6.15. The lowest BCUT2D eigenvalue weighted by Gasteiger charge is -2.29. The van der Waals surface area contributed by atoms with E-state index in [1.807, 2.05) is 6.92 Å². The number of carbonyl (C=O) groups excluding carboxylic acids is 4. The van der Waals surface area contributed by atoms with Gasteiger partial charge in [0, 0.05) is 12.3 Å². The van der Waals surface area contributed by atoms with Crippen molar-refractivity contribution in [2.45, 2.75) is 58.8 Å². The maximum atomic E-state index is 12.8. The van der Waals surface area contributed by atoms with E-state index in [0.717, 1.165) is 0 Å². The molecule has 2 rings (SSSR count). The minimum Gasteiger partial charge on any atom is -0.503 e. The number of esters is 3. The number of nitrogens with one attached hydrogen (secondary N) is 1. The number of nitrogens with zero attached hydrogens (tertiary/aromatic N) is 1. The maximum absolute atomic E-state index is 12.8. The second-order valence-electron chi connectivity index (χ2n) is 7.96. The van der Waals surface area contributed by atoms with Crippen LogP contribution < -0.4 is 10.1 Å². The van der Waals surface area contributed by atoms with Crippen LogP contribution >= 0.6 is 0 Å². The number of cyclic esters (lactones) is 2. The zero-order valence-electron chi connectivity index (χ0n) is 19.3. The Morgan fingerprint density at radius 2 is 2.00 bits per heavy atom. The molecule has 0 aliphatic carbocycles. The second-order valence-corrected chi connectivity index (χ2v) is 7.96. The van der Waals surface area contributed by atoms with Gasteiger partial charge in [-0.3, -0.25) is 14.4 Å². The molecule has 1 fully saturated rings. The summed E-state index contributed by atoms with van der Waals surface area (Å²) in [6, 6.07) is -0.0193. The van der Waals surface area contributed by atoms with Gasteiger partial charge in [-0.05, 0) is 13.3 Å². The maximum Gasteiger partial charge on any atom is 0.332 e. The van der Waals surface area contributed by atoms with Crippen LogP contribution in [0.4, 0.5) is 0 Å². The molecule has 11 nitrogen and oxygen atoms in total. The van der Waals surface area contributed by atoms with Gasteiger partial charge >= 0.3 is 17.9 Å². The van der Waals surface area contributed by atoms with Crippen molar-refractivity contribution >= 4 is 23.8 Å². The minimum absolute atomic E-state index is 0.0180. The van der Waals surface area contributed by atoms with Gasteiger partial charge < -0.3 is 29.4 Å². The molecule has 4 atom stereocenters. The van der Waals surface area contributed by atoms with Gasteiger partial charge in [-0.15, -0.1) is 0 Å². The van der Waals surface area contributed by atoms with Crippen molar-refractivity contribution in [3.05, 3.63) is 18.0 Å². The summed E-state index contributed by atoms with van der Waals surface area (Å²) in [5.41, 5.74) is -0.381.